The second-order valence-corrected chi connectivity index (χ2v) is 3.86. The molecule has 2 N–H and O–H groups in total. The first kappa shape index (κ1) is 10.6. The third-order valence-electron chi connectivity index (χ3n) is 2.44. The minimum Gasteiger partial charge on any atom is -0.384 e. The fourth-order valence-electron chi connectivity index (χ4n) is 1.66. The van der Waals surface area contributed by atoms with E-state index in [4.69, 9.17) is 5.73 Å². The maximum atomic E-state index is 13.5. The Morgan fingerprint density at radius 1 is 1.25 bits per heavy atom. The van der Waals surface area contributed by atoms with Gasteiger partial charge in [0, 0.05) is 12.6 Å². The lowest BCUT2D eigenvalue weighted by atomic mass is 10.0. The van der Waals surface area contributed by atoms with Gasteiger partial charge in [0.05, 0.1) is 0 Å². The molecule has 0 saturated carbocycles. The van der Waals surface area contributed by atoms with Crippen molar-refractivity contribution in [1.29, 1.82) is 0 Å². The van der Waals surface area contributed by atoms with Gasteiger partial charge in [0.25, 0.3) is 0 Å². The summed E-state index contributed by atoms with van der Waals surface area (Å²) in [6, 6.07) is 8.72. The summed E-state index contributed by atoms with van der Waals surface area (Å²) in [6.07, 6.45) is 2.18. The van der Waals surface area contributed by atoms with Crippen molar-refractivity contribution in [1.82, 2.24) is 4.98 Å². The Hall–Kier alpha value is -1.90. The molecule has 1 aromatic heterocycles. The molecule has 3 heteroatoms. The third kappa shape index (κ3) is 2.37. The number of hydrogen-bond acceptors (Lipinski definition) is 2. The van der Waals surface area contributed by atoms with E-state index in [0.717, 1.165) is 11.1 Å². The van der Waals surface area contributed by atoms with Crippen molar-refractivity contribution in [3.05, 3.63) is 59.0 Å². The topological polar surface area (TPSA) is 38.9 Å². The molecule has 82 valence electrons. The van der Waals surface area contributed by atoms with Crippen LogP contribution in [-0.2, 0) is 6.42 Å². The lowest BCUT2D eigenvalue weighted by Gasteiger charge is -2.05. The van der Waals surface area contributed by atoms with Crippen molar-refractivity contribution >= 4 is 5.82 Å². The smallest absolute Gasteiger partial charge is 0.126 e. The van der Waals surface area contributed by atoms with Gasteiger partial charge in [0.15, 0.2) is 0 Å². The molecule has 0 bridgehead atoms. The van der Waals surface area contributed by atoms with Gasteiger partial charge in [0.1, 0.15) is 11.6 Å². The van der Waals surface area contributed by atoms with E-state index in [1.807, 2.05) is 19.1 Å². The SMILES string of the molecule is Cc1ccc(F)c(Cc2ccnc(N)c2)c1. The highest BCUT2D eigenvalue weighted by Crippen LogP contribution is 2.15. The van der Waals surface area contributed by atoms with E-state index in [0.29, 0.717) is 17.8 Å². The molecular weight excluding hydrogens is 203 g/mol. The Kier molecular flexibility index (Phi) is 2.86. The predicted octanol–water partition coefficient (Wildman–Crippen LogP) is 2.70. The first-order valence-corrected chi connectivity index (χ1v) is 5.10. The van der Waals surface area contributed by atoms with E-state index in [2.05, 4.69) is 4.98 Å². The molecule has 0 spiro atoms. The molecular formula is C13H13FN2. The maximum Gasteiger partial charge on any atom is 0.126 e. The monoisotopic (exact) mass is 216 g/mol. The molecule has 1 heterocycles. The molecule has 0 saturated heterocycles. The fraction of sp³-hybridized carbons (Fsp3) is 0.154. The van der Waals surface area contributed by atoms with Crippen molar-refractivity contribution in [3.63, 3.8) is 0 Å². The highest BCUT2D eigenvalue weighted by atomic mass is 19.1. The summed E-state index contributed by atoms with van der Waals surface area (Å²) < 4.78 is 13.5. The Morgan fingerprint density at radius 2 is 2.06 bits per heavy atom. The average molecular weight is 216 g/mol. The van der Waals surface area contributed by atoms with Crippen LogP contribution < -0.4 is 5.73 Å². The van der Waals surface area contributed by atoms with Gasteiger partial charge in [-0.25, -0.2) is 9.37 Å². The van der Waals surface area contributed by atoms with Crippen LogP contribution in [0.3, 0.4) is 0 Å². The second-order valence-electron chi connectivity index (χ2n) is 3.86. The summed E-state index contributed by atoms with van der Waals surface area (Å²) in [5, 5.41) is 0. The van der Waals surface area contributed by atoms with Crippen LogP contribution in [0.2, 0.25) is 0 Å². The summed E-state index contributed by atoms with van der Waals surface area (Å²) in [5.74, 6) is 0.284. The van der Waals surface area contributed by atoms with Crippen LogP contribution in [0.4, 0.5) is 10.2 Å². The number of aromatic nitrogens is 1. The van der Waals surface area contributed by atoms with Crippen LogP contribution in [0.15, 0.2) is 36.5 Å². The van der Waals surface area contributed by atoms with Crippen molar-refractivity contribution < 1.29 is 4.39 Å². The van der Waals surface area contributed by atoms with Crippen LogP contribution in [-0.4, -0.2) is 4.98 Å². The zero-order chi connectivity index (χ0) is 11.5. The molecule has 2 rings (SSSR count). The van der Waals surface area contributed by atoms with Crippen molar-refractivity contribution in [2.24, 2.45) is 0 Å². The van der Waals surface area contributed by atoms with E-state index in [9.17, 15) is 4.39 Å². The van der Waals surface area contributed by atoms with E-state index in [-0.39, 0.29) is 5.82 Å². The molecule has 2 aromatic rings. The molecule has 0 aliphatic heterocycles. The Bertz CT molecular complexity index is 509. The van der Waals surface area contributed by atoms with E-state index >= 15 is 0 Å². The molecule has 0 fully saturated rings. The number of aryl methyl sites for hydroxylation is 1. The van der Waals surface area contributed by atoms with E-state index in [1.165, 1.54) is 6.07 Å². The highest BCUT2D eigenvalue weighted by Gasteiger charge is 2.04. The molecule has 0 radical (unpaired) electrons. The van der Waals surface area contributed by atoms with Gasteiger partial charge >= 0.3 is 0 Å². The van der Waals surface area contributed by atoms with Gasteiger partial charge in [-0.05, 0) is 36.2 Å². The number of nitrogens with zero attached hydrogens (tertiary/aromatic N) is 1. The number of nitrogens with two attached hydrogens (primary N) is 1. The largest absolute Gasteiger partial charge is 0.384 e. The quantitative estimate of drug-likeness (QED) is 0.838. The van der Waals surface area contributed by atoms with Gasteiger partial charge in [-0.1, -0.05) is 17.7 Å². The molecule has 2 nitrogen and oxygen atoms in total. The number of rotatable bonds is 2. The summed E-state index contributed by atoms with van der Waals surface area (Å²) in [7, 11) is 0. The molecule has 0 aliphatic carbocycles. The molecule has 0 amide bonds. The first-order chi connectivity index (χ1) is 7.65. The van der Waals surface area contributed by atoms with Crippen LogP contribution in [0, 0.1) is 12.7 Å². The Balaban J connectivity index is 2.30. The van der Waals surface area contributed by atoms with Crippen LogP contribution in [0.5, 0.6) is 0 Å². The van der Waals surface area contributed by atoms with Gasteiger partial charge < -0.3 is 5.73 Å². The average Bonchev–Trinajstić information content (AvgIpc) is 2.24. The van der Waals surface area contributed by atoms with Gasteiger partial charge in [-0.15, -0.1) is 0 Å². The molecule has 1 aromatic carbocycles. The molecule has 16 heavy (non-hydrogen) atoms. The van der Waals surface area contributed by atoms with Gasteiger partial charge in [-0.2, -0.15) is 0 Å². The number of nitrogen functional groups attached to an aromatic ring is 1. The minimum atomic E-state index is -0.180. The standard InChI is InChI=1S/C13H13FN2/c1-9-2-3-12(14)11(6-9)7-10-4-5-16-13(15)8-10/h2-6,8H,7H2,1H3,(H2,15,16). The number of halogens is 1. The minimum absolute atomic E-state index is 0.180. The normalized spacial score (nSPS) is 10.4. The van der Waals surface area contributed by atoms with Crippen molar-refractivity contribution in [2.45, 2.75) is 13.3 Å². The number of pyridine rings is 1. The summed E-state index contributed by atoms with van der Waals surface area (Å²) in [5.41, 5.74) is 8.28. The summed E-state index contributed by atoms with van der Waals surface area (Å²) in [4.78, 5) is 3.91. The maximum absolute atomic E-state index is 13.5. The Labute approximate surface area is 93.9 Å². The number of anilines is 1. The fourth-order valence-corrected chi connectivity index (χ4v) is 1.66. The molecule has 0 unspecified atom stereocenters. The zero-order valence-corrected chi connectivity index (χ0v) is 9.07. The lowest BCUT2D eigenvalue weighted by molar-refractivity contribution is 0.613. The van der Waals surface area contributed by atoms with Crippen LogP contribution in [0.1, 0.15) is 16.7 Å². The predicted molar refractivity (Wildman–Crippen MR) is 62.6 cm³/mol. The van der Waals surface area contributed by atoms with Gasteiger partial charge in [0.2, 0.25) is 0 Å². The number of hydrogen-bond donors (Lipinski definition) is 1. The zero-order valence-electron chi connectivity index (χ0n) is 9.07. The molecule has 0 atom stereocenters. The number of benzene rings is 1. The van der Waals surface area contributed by atoms with E-state index < -0.39 is 0 Å². The van der Waals surface area contributed by atoms with Crippen LogP contribution >= 0.6 is 0 Å². The van der Waals surface area contributed by atoms with Gasteiger partial charge in [-0.3, -0.25) is 0 Å². The van der Waals surface area contributed by atoms with Crippen molar-refractivity contribution in [2.75, 3.05) is 5.73 Å². The third-order valence-corrected chi connectivity index (χ3v) is 2.44. The first-order valence-electron chi connectivity index (χ1n) is 5.10. The molecule has 0 aliphatic rings. The second kappa shape index (κ2) is 4.31. The van der Waals surface area contributed by atoms with Crippen molar-refractivity contribution in [3.8, 4) is 0 Å². The lowest BCUT2D eigenvalue weighted by Crippen LogP contribution is -1.96. The highest BCUT2D eigenvalue weighted by molar-refractivity contribution is 5.36. The summed E-state index contributed by atoms with van der Waals surface area (Å²) in [6.45, 7) is 1.95. The summed E-state index contributed by atoms with van der Waals surface area (Å²) >= 11 is 0. The van der Waals surface area contributed by atoms with Crippen LogP contribution in [0.25, 0.3) is 0 Å². The van der Waals surface area contributed by atoms with E-state index in [1.54, 1.807) is 18.3 Å². The Morgan fingerprint density at radius 3 is 2.81 bits per heavy atom.